The molecule has 0 unspecified atom stereocenters. The van der Waals surface area contributed by atoms with Crippen LogP contribution in [0.5, 0.6) is 0 Å². The van der Waals surface area contributed by atoms with Gasteiger partial charge < -0.3 is 10.2 Å². The molecule has 0 saturated heterocycles. The van der Waals surface area contributed by atoms with E-state index in [1.165, 1.54) is 10.6 Å². The Morgan fingerprint density at radius 2 is 1.64 bits per heavy atom. The Hall–Kier alpha value is -2.87. The molecule has 1 N–H and O–H groups in total. The van der Waals surface area contributed by atoms with Crippen LogP contribution in [0.1, 0.15) is 42.0 Å². The quantitative estimate of drug-likeness (QED) is 0.574. The smallest absolute Gasteiger partial charge is 0.242 e. The lowest BCUT2D eigenvalue weighted by Crippen LogP contribution is -2.47. The van der Waals surface area contributed by atoms with E-state index in [-0.39, 0.29) is 24.8 Å². The Kier molecular flexibility index (Phi) is 9.05. The molecule has 0 spiro atoms. The predicted octanol–water partition coefficient (Wildman–Crippen LogP) is 3.32. The highest BCUT2D eigenvalue weighted by atomic mass is 32.2. The second-order valence-electron chi connectivity index (χ2n) is 8.52. The van der Waals surface area contributed by atoms with E-state index < -0.39 is 16.1 Å². The topological polar surface area (TPSA) is 86.8 Å². The number of amides is 2. The number of rotatable bonds is 10. The molecule has 1 atom stereocenters. The SMILES string of the molecule is CNC(=O)[C@@H](C)N(Cc1ccccc1C)C(=O)CCCN(c1cc(C)cc(C)c1)S(C)(=O)=O. The van der Waals surface area contributed by atoms with Crippen LogP contribution >= 0.6 is 0 Å². The summed E-state index contributed by atoms with van der Waals surface area (Å²) in [4.78, 5) is 27.0. The number of carbonyl (C=O) groups excluding carboxylic acids is 2. The van der Waals surface area contributed by atoms with E-state index in [1.807, 2.05) is 63.2 Å². The van der Waals surface area contributed by atoms with Crippen molar-refractivity contribution in [3.8, 4) is 0 Å². The first-order chi connectivity index (χ1) is 15.4. The van der Waals surface area contributed by atoms with Crippen molar-refractivity contribution in [3.05, 3.63) is 64.7 Å². The molecule has 2 aromatic carbocycles. The minimum absolute atomic E-state index is 0.129. The van der Waals surface area contributed by atoms with Gasteiger partial charge in [-0.25, -0.2) is 8.42 Å². The van der Waals surface area contributed by atoms with Gasteiger partial charge >= 0.3 is 0 Å². The number of benzene rings is 2. The van der Waals surface area contributed by atoms with Crippen LogP contribution in [0.15, 0.2) is 42.5 Å². The highest BCUT2D eigenvalue weighted by molar-refractivity contribution is 7.92. The van der Waals surface area contributed by atoms with Gasteiger partial charge in [0, 0.05) is 26.6 Å². The molecule has 33 heavy (non-hydrogen) atoms. The van der Waals surface area contributed by atoms with Crippen molar-refractivity contribution < 1.29 is 18.0 Å². The summed E-state index contributed by atoms with van der Waals surface area (Å²) >= 11 is 0. The third-order valence-electron chi connectivity index (χ3n) is 5.66. The van der Waals surface area contributed by atoms with E-state index >= 15 is 0 Å². The lowest BCUT2D eigenvalue weighted by atomic mass is 10.1. The number of anilines is 1. The fourth-order valence-electron chi connectivity index (χ4n) is 3.86. The Bertz CT molecular complexity index is 1080. The lowest BCUT2D eigenvalue weighted by molar-refractivity contribution is -0.140. The molecule has 0 aliphatic heterocycles. The molecular formula is C25H35N3O4S. The second-order valence-corrected chi connectivity index (χ2v) is 10.4. The summed E-state index contributed by atoms with van der Waals surface area (Å²) in [6.45, 7) is 8.00. The first-order valence-corrected chi connectivity index (χ1v) is 12.9. The van der Waals surface area contributed by atoms with Gasteiger partial charge in [-0.15, -0.1) is 0 Å². The summed E-state index contributed by atoms with van der Waals surface area (Å²) in [5.41, 5.74) is 4.54. The molecule has 0 aromatic heterocycles. The zero-order valence-corrected chi connectivity index (χ0v) is 21.2. The molecule has 2 aromatic rings. The monoisotopic (exact) mass is 473 g/mol. The maximum Gasteiger partial charge on any atom is 0.242 e. The van der Waals surface area contributed by atoms with Crippen molar-refractivity contribution >= 4 is 27.5 Å². The van der Waals surface area contributed by atoms with Gasteiger partial charge in [-0.1, -0.05) is 30.3 Å². The Morgan fingerprint density at radius 3 is 2.18 bits per heavy atom. The fraction of sp³-hybridized carbons (Fsp3) is 0.440. The summed E-state index contributed by atoms with van der Waals surface area (Å²) in [6, 6.07) is 12.7. The van der Waals surface area contributed by atoms with Crippen LogP contribution in [-0.2, 0) is 26.2 Å². The largest absolute Gasteiger partial charge is 0.357 e. The van der Waals surface area contributed by atoms with Crippen molar-refractivity contribution in [2.24, 2.45) is 0 Å². The van der Waals surface area contributed by atoms with Crippen LogP contribution in [0.2, 0.25) is 0 Å². The molecule has 0 fully saturated rings. The van der Waals surface area contributed by atoms with E-state index in [1.54, 1.807) is 18.9 Å². The van der Waals surface area contributed by atoms with Gasteiger partial charge in [0.1, 0.15) is 6.04 Å². The molecule has 0 aliphatic rings. The van der Waals surface area contributed by atoms with Crippen molar-refractivity contribution in [1.82, 2.24) is 10.2 Å². The van der Waals surface area contributed by atoms with E-state index in [2.05, 4.69) is 5.32 Å². The third-order valence-corrected chi connectivity index (χ3v) is 6.86. The van der Waals surface area contributed by atoms with E-state index in [0.29, 0.717) is 18.7 Å². The molecule has 0 heterocycles. The van der Waals surface area contributed by atoms with Gasteiger partial charge in [0.25, 0.3) is 0 Å². The third kappa shape index (κ3) is 7.32. The molecule has 2 rings (SSSR count). The van der Waals surface area contributed by atoms with Gasteiger partial charge in [0.05, 0.1) is 11.9 Å². The van der Waals surface area contributed by atoms with Gasteiger partial charge in [-0.2, -0.15) is 0 Å². The van der Waals surface area contributed by atoms with Crippen LogP contribution in [0, 0.1) is 20.8 Å². The van der Waals surface area contributed by atoms with Gasteiger partial charge in [0.15, 0.2) is 0 Å². The fourth-order valence-corrected chi connectivity index (χ4v) is 4.81. The molecular weight excluding hydrogens is 438 g/mol. The highest BCUT2D eigenvalue weighted by Gasteiger charge is 2.26. The van der Waals surface area contributed by atoms with Crippen molar-refractivity contribution in [3.63, 3.8) is 0 Å². The first-order valence-electron chi connectivity index (χ1n) is 11.1. The predicted molar refractivity (Wildman–Crippen MR) is 133 cm³/mol. The molecule has 2 amide bonds. The molecule has 0 bridgehead atoms. The highest BCUT2D eigenvalue weighted by Crippen LogP contribution is 2.22. The Balaban J connectivity index is 2.18. The maximum absolute atomic E-state index is 13.2. The number of hydrogen-bond acceptors (Lipinski definition) is 4. The van der Waals surface area contributed by atoms with E-state index in [0.717, 1.165) is 22.3 Å². The molecule has 8 heteroatoms. The molecule has 0 aliphatic carbocycles. The van der Waals surface area contributed by atoms with Crippen LogP contribution in [0.3, 0.4) is 0 Å². The Labute approximate surface area is 197 Å². The number of nitrogens with one attached hydrogen (secondary N) is 1. The maximum atomic E-state index is 13.2. The summed E-state index contributed by atoms with van der Waals surface area (Å²) < 4.78 is 26.3. The van der Waals surface area contributed by atoms with Crippen molar-refractivity contribution in [1.29, 1.82) is 0 Å². The lowest BCUT2D eigenvalue weighted by Gasteiger charge is -2.29. The van der Waals surface area contributed by atoms with Crippen LogP contribution < -0.4 is 9.62 Å². The zero-order valence-electron chi connectivity index (χ0n) is 20.4. The molecule has 0 radical (unpaired) electrons. The number of sulfonamides is 1. The zero-order chi connectivity index (χ0) is 24.8. The van der Waals surface area contributed by atoms with E-state index in [9.17, 15) is 18.0 Å². The number of aryl methyl sites for hydroxylation is 3. The second kappa shape index (κ2) is 11.3. The number of likely N-dealkylation sites (N-methyl/N-ethyl adjacent to an activating group) is 1. The normalized spacial score (nSPS) is 12.2. The minimum atomic E-state index is -3.51. The van der Waals surface area contributed by atoms with Crippen LogP contribution in [0.25, 0.3) is 0 Å². The molecule has 7 nitrogen and oxygen atoms in total. The van der Waals surface area contributed by atoms with Crippen LogP contribution in [0.4, 0.5) is 5.69 Å². The van der Waals surface area contributed by atoms with E-state index in [4.69, 9.17) is 0 Å². The summed E-state index contributed by atoms with van der Waals surface area (Å²) in [6.07, 6.45) is 1.64. The summed E-state index contributed by atoms with van der Waals surface area (Å²) in [5.74, 6) is -0.437. The first kappa shape index (κ1) is 26.4. The summed E-state index contributed by atoms with van der Waals surface area (Å²) in [7, 11) is -1.97. The summed E-state index contributed by atoms with van der Waals surface area (Å²) in [5, 5.41) is 2.61. The number of carbonyl (C=O) groups is 2. The molecule has 0 saturated carbocycles. The van der Waals surface area contributed by atoms with Crippen molar-refractivity contribution in [2.45, 2.75) is 53.1 Å². The Morgan fingerprint density at radius 1 is 1.03 bits per heavy atom. The van der Waals surface area contributed by atoms with Gasteiger partial charge in [-0.3, -0.25) is 13.9 Å². The molecule has 180 valence electrons. The standard InChI is InChI=1S/C25H35N3O4S/c1-18-14-19(2)16-23(15-18)28(33(6,31)32)13-9-12-24(29)27(21(4)25(30)26-5)17-22-11-8-7-10-20(22)3/h7-8,10-11,14-16,21H,9,12-13,17H2,1-6H3,(H,26,30)/t21-/m1/s1. The average Bonchev–Trinajstić information content (AvgIpc) is 2.73. The van der Waals surface area contributed by atoms with Crippen LogP contribution in [-0.4, -0.2) is 51.0 Å². The minimum Gasteiger partial charge on any atom is -0.357 e. The van der Waals surface area contributed by atoms with Gasteiger partial charge in [-0.05, 0) is 68.5 Å². The number of nitrogens with zero attached hydrogens (tertiary/aromatic N) is 2. The average molecular weight is 474 g/mol. The number of hydrogen-bond donors (Lipinski definition) is 1. The van der Waals surface area contributed by atoms with Gasteiger partial charge in [0.2, 0.25) is 21.8 Å². The van der Waals surface area contributed by atoms with Crippen molar-refractivity contribution in [2.75, 3.05) is 24.2 Å².